The third kappa shape index (κ3) is 6.82. The molecule has 31 heavy (non-hydrogen) atoms. The van der Waals surface area contributed by atoms with Crippen LogP contribution in [0, 0.1) is 11.6 Å². The van der Waals surface area contributed by atoms with Gasteiger partial charge < -0.3 is 26.8 Å². The Morgan fingerprint density at radius 2 is 1.97 bits per heavy atom. The molecule has 1 aliphatic rings. The molecule has 1 amide bonds. The maximum absolute atomic E-state index is 13.4. The van der Waals surface area contributed by atoms with Gasteiger partial charge in [0, 0.05) is 21.3 Å². The summed E-state index contributed by atoms with van der Waals surface area (Å²) in [5, 5.41) is 16.9. The molecule has 1 aliphatic heterocycles. The van der Waals surface area contributed by atoms with E-state index in [4.69, 9.17) is 10.8 Å². The Morgan fingerprint density at radius 3 is 2.61 bits per heavy atom. The summed E-state index contributed by atoms with van der Waals surface area (Å²) in [6, 6.07) is 8.33. The Labute approximate surface area is 187 Å². The van der Waals surface area contributed by atoms with Gasteiger partial charge in [-0.15, -0.1) is 23.5 Å². The molecule has 2 aromatic rings. The summed E-state index contributed by atoms with van der Waals surface area (Å²) in [6.45, 7) is 0. The lowest BCUT2D eigenvalue weighted by Crippen LogP contribution is -2.39. The van der Waals surface area contributed by atoms with Crippen LogP contribution in [0.2, 0.25) is 0 Å². The van der Waals surface area contributed by atoms with E-state index in [0.29, 0.717) is 22.1 Å². The molecule has 0 bridgehead atoms. The van der Waals surface area contributed by atoms with E-state index >= 15 is 0 Å². The molecule has 11 heteroatoms. The van der Waals surface area contributed by atoms with E-state index in [1.54, 1.807) is 38.4 Å². The van der Waals surface area contributed by atoms with Gasteiger partial charge in [-0.05, 0) is 38.4 Å². The van der Waals surface area contributed by atoms with Crippen molar-refractivity contribution in [2.45, 2.75) is 21.9 Å². The van der Waals surface area contributed by atoms with Gasteiger partial charge in [-0.25, -0.2) is 8.78 Å². The van der Waals surface area contributed by atoms with Gasteiger partial charge in [0.1, 0.15) is 17.7 Å². The number of halogens is 2. The van der Waals surface area contributed by atoms with Gasteiger partial charge in [-0.1, -0.05) is 12.1 Å². The largest absolute Gasteiger partial charge is 0.480 e. The van der Waals surface area contributed by atoms with E-state index in [2.05, 4.69) is 16.0 Å². The Bertz CT molecular complexity index is 933. The summed E-state index contributed by atoms with van der Waals surface area (Å²) in [6.07, 6.45) is 0. The van der Waals surface area contributed by atoms with E-state index in [1.165, 1.54) is 35.7 Å². The number of hydrogen-bond donors (Lipinski definition) is 5. The number of nitrogens with one attached hydrogen (secondary N) is 3. The van der Waals surface area contributed by atoms with Gasteiger partial charge in [0.2, 0.25) is 5.91 Å². The average Bonchev–Trinajstić information content (AvgIpc) is 2.90. The summed E-state index contributed by atoms with van der Waals surface area (Å²) in [5.41, 5.74) is 5.88. The van der Waals surface area contributed by atoms with Gasteiger partial charge in [0.15, 0.2) is 0 Å². The molecule has 0 radical (unpaired) electrons. The molecule has 0 saturated heterocycles. The first kappa shape index (κ1) is 24.9. The summed E-state index contributed by atoms with van der Waals surface area (Å²) in [5.74, 6) is -1.09. The third-order valence-electron chi connectivity index (χ3n) is 4.36. The molecule has 0 fully saturated rings. The van der Waals surface area contributed by atoms with Crippen LogP contribution in [0.1, 0.15) is 0 Å². The van der Waals surface area contributed by atoms with E-state index in [1.807, 2.05) is 0 Å². The molecule has 2 aromatic carbocycles. The van der Waals surface area contributed by atoms with Crippen LogP contribution in [-0.4, -0.2) is 54.7 Å². The second kappa shape index (κ2) is 11.9. The molecule has 0 unspecified atom stereocenters. The second-order valence-corrected chi connectivity index (χ2v) is 8.52. The maximum Gasteiger partial charge on any atom is 0.321 e. The third-order valence-corrected chi connectivity index (χ3v) is 6.68. The Kier molecular flexibility index (Phi) is 9.56. The number of hydrogen-bond acceptors (Lipinski definition) is 7. The molecule has 1 heterocycles. The van der Waals surface area contributed by atoms with Gasteiger partial charge in [0.25, 0.3) is 0 Å². The minimum Gasteiger partial charge on any atom is -0.480 e. The van der Waals surface area contributed by atoms with Gasteiger partial charge in [-0.3, -0.25) is 9.59 Å². The zero-order chi connectivity index (χ0) is 23.0. The fourth-order valence-electron chi connectivity index (χ4n) is 2.51. The molecule has 3 rings (SSSR count). The first-order valence-corrected chi connectivity index (χ1v) is 11.2. The first-order chi connectivity index (χ1) is 14.8. The molecule has 0 spiro atoms. The number of nitrogens with two attached hydrogens (primary N) is 1. The smallest absolute Gasteiger partial charge is 0.321 e. The predicted octanol–water partition coefficient (Wildman–Crippen LogP) is 2.63. The van der Waals surface area contributed by atoms with Crippen molar-refractivity contribution in [3.63, 3.8) is 0 Å². The van der Waals surface area contributed by atoms with Crippen molar-refractivity contribution >= 4 is 46.8 Å². The topological polar surface area (TPSA) is 116 Å². The predicted molar refractivity (Wildman–Crippen MR) is 121 cm³/mol. The number of thioether (sulfide) groups is 2. The normalized spacial score (nSPS) is 16.3. The lowest BCUT2D eigenvalue weighted by Gasteiger charge is -2.11. The number of amides is 1. The Hall–Kier alpha value is -2.34. The van der Waals surface area contributed by atoms with Crippen molar-refractivity contribution in [3.05, 3.63) is 48.0 Å². The highest BCUT2D eigenvalue weighted by molar-refractivity contribution is 7.99. The number of carboxylic acids is 1. The number of carbonyl (C=O) groups excluding carboxylic acids is 1. The number of rotatable bonds is 6. The van der Waals surface area contributed by atoms with Crippen LogP contribution in [0.15, 0.2) is 46.2 Å². The maximum atomic E-state index is 13.4. The van der Waals surface area contributed by atoms with Crippen molar-refractivity contribution in [1.82, 2.24) is 10.6 Å². The monoisotopic (exact) mass is 470 g/mol. The minimum absolute atomic E-state index is 0.0627. The Balaban J connectivity index is 0.000000220. The van der Waals surface area contributed by atoms with Crippen molar-refractivity contribution in [2.75, 3.05) is 36.7 Å². The molecular weight excluding hydrogens is 446 g/mol. The highest BCUT2D eigenvalue weighted by atomic mass is 32.2. The lowest BCUT2D eigenvalue weighted by molar-refractivity contribution is -0.138. The second-order valence-electron chi connectivity index (χ2n) is 6.40. The van der Waals surface area contributed by atoms with Crippen molar-refractivity contribution in [3.8, 4) is 0 Å². The van der Waals surface area contributed by atoms with Gasteiger partial charge >= 0.3 is 5.97 Å². The van der Waals surface area contributed by atoms with Crippen LogP contribution in [0.3, 0.4) is 0 Å². The van der Waals surface area contributed by atoms with Crippen LogP contribution >= 0.6 is 23.5 Å². The van der Waals surface area contributed by atoms with E-state index in [0.717, 1.165) is 4.90 Å². The van der Waals surface area contributed by atoms with Crippen LogP contribution in [0.5, 0.6) is 0 Å². The molecule has 2 atom stereocenters. The SMILES string of the molecule is CN[C@@H](CSc1cccc(F)c1N)C(=O)O.CN[C@H]1CSc2cccc(F)c2NC1=O. The molecule has 0 aliphatic carbocycles. The summed E-state index contributed by atoms with van der Waals surface area (Å²) < 4.78 is 26.5. The quantitative estimate of drug-likeness (QED) is 0.323. The molecule has 0 aromatic heterocycles. The summed E-state index contributed by atoms with van der Waals surface area (Å²) >= 11 is 2.69. The summed E-state index contributed by atoms with van der Waals surface area (Å²) in [4.78, 5) is 23.7. The minimum atomic E-state index is -0.940. The van der Waals surface area contributed by atoms with Crippen LogP contribution in [0.4, 0.5) is 20.2 Å². The van der Waals surface area contributed by atoms with Crippen molar-refractivity contribution in [1.29, 1.82) is 0 Å². The number of carbonyl (C=O) groups is 2. The zero-order valence-corrected chi connectivity index (χ0v) is 18.6. The van der Waals surface area contributed by atoms with E-state index < -0.39 is 17.8 Å². The van der Waals surface area contributed by atoms with Crippen LogP contribution < -0.4 is 21.7 Å². The van der Waals surface area contributed by atoms with Gasteiger partial charge in [0.05, 0.1) is 17.4 Å². The number of likely N-dealkylation sites (N-methyl/N-ethyl adjacent to an activating group) is 2. The number of fused-ring (bicyclic) bond motifs is 1. The highest BCUT2D eigenvalue weighted by Gasteiger charge is 2.24. The lowest BCUT2D eigenvalue weighted by atomic mass is 10.2. The first-order valence-electron chi connectivity index (χ1n) is 9.24. The average molecular weight is 471 g/mol. The van der Waals surface area contributed by atoms with Crippen LogP contribution in [-0.2, 0) is 9.59 Å². The van der Waals surface area contributed by atoms with Crippen LogP contribution in [0.25, 0.3) is 0 Å². The van der Waals surface area contributed by atoms with Crippen molar-refractivity contribution in [2.24, 2.45) is 0 Å². The number of aliphatic carboxylic acids is 1. The highest BCUT2D eigenvalue weighted by Crippen LogP contribution is 2.32. The standard InChI is InChI=1S/C10H13FN2O2S.C10H11FN2OS/c1-13-7(10(14)15)5-16-8-4-2-3-6(11)9(8)12;1-12-7-5-15-8-4-2-3-6(11)9(8)13-10(7)14/h2-4,7,13H,5,12H2,1H3,(H,14,15);2-4,7,12H,5H2,1H3,(H,13,14)/t2*7-/m00/s1. The zero-order valence-electron chi connectivity index (χ0n) is 16.9. The van der Waals surface area contributed by atoms with Gasteiger partial charge in [-0.2, -0.15) is 0 Å². The van der Waals surface area contributed by atoms with E-state index in [9.17, 15) is 18.4 Å². The molecule has 6 N–H and O–H groups in total. The number of nitrogen functional groups attached to an aromatic ring is 1. The molecule has 168 valence electrons. The molecular formula is C20H24F2N4O3S2. The Morgan fingerprint density at radius 1 is 1.29 bits per heavy atom. The van der Waals surface area contributed by atoms with Crippen molar-refractivity contribution < 1.29 is 23.5 Å². The summed E-state index contributed by atoms with van der Waals surface area (Å²) in [7, 11) is 3.28. The molecule has 7 nitrogen and oxygen atoms in total. The number of benzene rings is 2. The fraction of sp³-hybridized carbons (Fsp3) is 0.300. The fourth-order valence-corrected chi connectivity index (χ4v) is 4.73. The number of para-hydroxylation sites is 2. The number of anilines is 2. The molecule has 0 saturated carbocycles. The number of carboxylic acid groups (broad SMARTS) is 1. The van der Waals surface area contributed by atoms with E-state index in [-0.39, 0.29) is 23.5 Å².